The van der Waals surface area contributed by atoms with E-state index >= 15 is 0 Å². The maximum atomic E-state index is 9.38. The van der Waals surface area contributed by atoms with Gasteiger partial charge in [-0.1, -0.05) is 5.16 Å². The van der Waals surface area contributed by atoms with Crippen LogP contribution in [0.4, 0.5) is 0 Å². The van der Waals surface area contributed by atoms with Crippen LogP contribution in [-0.2, 0) is 0 Å². The fourth-order valence-corrected chi connectivity index (χ4v) is 2.01. The summed E-state index contributed by atoms with van der Waals surface area (Å²) in [6.45, 7) is 0. The molecule has 1 N–H and O–H groups in total. The van der Waals surface area contributed by atoms with Gasteiger partial charge >= 0.3 is 0 Å². The molecule has 0 saturated carbocycles. The molecule has 0 aliphatic heterocycles. The van der Waals surface area contributed by atoms with Crippen molar-refractivity contribution in [2.45, 2.75) is 0 Å². The average Bonchev–Trinajstić information content (AvgIpc) is 2.56. The van der Waals surface area contributed by atoms with Gasteiger partial charge in [0.25, 0.3) is 0 Å². The van der Waals surface area contributed by atoms with Crippen molar-refractivity contribution < 1.29 is 19.4 Å². The molecule has 2 aromatic rings. The second kappa shape index (κ2) is 6.65. The zero-order valence-electron chi connectivity index (χ0n) is 12.2. The quantitative estimate of drug-likeness (QED) is 0.522. The lowest BCUT2D eigenvalue weighted by molar-refractivity contribution is 0.319. The number of ether oxygens (including phenoxy) is 3. The normalized spacial score (nSPS) is 11.1. The minimum Gasteiger partial charge on any atom is -0.497 e. The molecule has 5 nitrogen and oxygen atoms in total. The minimum atomic E-state index is 0.414. The van der Waals surface area contributed by atoms with Crippen LogP contribution in [-0.4, -0.2) is 32.2 Å². The number of benzene rings is 2. The lowest BCUT2D eigenvalue weighted by Crippen LogP contribution is -2.06. The van der Waals surface area contributed by atoms with Crippen LogP contribution in [0.25, 0.3) is 0 Å². The van der Waals surface area contributed by atoms with Crippen molar-refractivity contribution >= 4 is 5.71 Å². The fraction of sp³-hybridized carbons (Fsp3) is 0.188. The zero-order valence-corrected chi connectivity index (χ0v) is 12.2. The third kappa shape index (κ3) is 3.08. The average molecular weight is 287 g/mol. The molecule has 0 saturated heterocycles. The van der Waals surface area contributed by atoms with Crippen LogP contribution in [0.5, 0.6) is 17.2 Å². The van der Waals surface area contributed by atoms with Crippen molar-refractivity contribution in [2.75, 3.05) is 21.3 Å². The summed E-state index contributed by atoms with van der Waals surface area (Å²) in [7, 11) is 4.74. The lowest BCUT2D eigenvalue weighted by atomic mass is 10.0. The van der Waals surface area contributed by atoms with Crippen LogP contribution in [0.3, 0.4) is 0 Å². The first-order valence-corrected chi connectivity index (χ1v) is 6.32. The highest BCUT2D eigenvalue weighted by atomic mass is 16.5. The molecule has 0 bridgehead atoms. The molecule has 0 radical (unpaired) electrons. The Morgan fingerprint density at radius 3 is 2.00 bits per heavy atom. The van der Waals surface area contributed by atoms with Crippen LogP contribution < -0.4 is 14.2 Å². The Hall–Kier alpha value is -2.69. The van der Waals surface area contributed by atoms with Gasteiger partial charge in [0.1, 0.15) is 23.0 Å². The summed E-state index contributed by atoms with van der Waals surface area (Å²) in [6.07, 6.45) is 0. The standard InChI is InChI=1S/C16H17NO4/c1-19-12-6-4-11(5-7-12)16(17-18)14-9-8-13(20-2)10-15(14)21-3/h4-10,18H,1-3H3. The van der Waals surface area contributed by atoms with E-state index in [-0.39, 0.29) is 0 Å². The number of hydrogen-bond donors (Lipinski definition) is 1. The first-order valence-electron chi connectivity index (χ1n) is 6.32. The van der Waals surface area contributed by atoms with Gasteiger partial charge in [-0.25, -0.2) is 0 Å². The van der Waals surface area contributed by atoms with Crippen LogP contribution in [0.15, 0.2) is 47.6 Å². The molecule has 5 heteroatoms. The SMILES string of the molecule is COc1ccc(C(=NO)c2ccc(OC)cc2OC)cc1. The summed E-state index contributed by atoms with van der Waals surface area (Å²) < 4.78 is 15.6. The van der Waals surface area contributed by atoms with E-state index in [0.29, 0.717) is 22.8 Å². The van der Waals surface area contributed by atoms with E-state index in [0.717, 1.165) is 11.3 Å². The Morgan fingerprint density at radius 1 is 0.857 bits per heavy atom. The summed E-state index contributed by atoms with van der Waals surface area (Å²) >= 11 is 0. The molecular formula is C16H17NO4. The first-order chi connectivity index (χ1) is 10.2. The number of hydrogen-bond acceptors (Lipinski definition) is 5. The lowest BCUT2D eigenvalue weighted by Gasteiger charge is -2.12. The molecule has 0 aliphatic rings. The predicted octanol–water partition coefficient (Wildman–Crippen LogP) is 2.94. The van der Waals surface area contributed by atoms with Crippen LogP contribution >= 0.6 is 0 Å². The van der Waals surface area contributed by atoms with Gasteiger partial charge in [0.15, 0.2) is 0 Å². The molecule has 0 unspecified atom stereocenters. The molecule has 2 aromatic carbocycles. The van der Waals surface area contributed by atoms with E-state index in [4.69, 9.17) is 14.2 Å². The number of methoxy groups -OCH3 is 3. The van der Waals surface area contributed by atoms with Crippen molar-refractivity contribution in [3.63, 3.8) is 0 Å². The summed E-state index contributed by atoms with van der Waals surface area (Å²) in [5.74, 6) is 1.97. The zero-order chi connectivity index (χ0) is 15.2. The third-order valence-electron chi connectivity index (χ3n) is 3.13. The molecule has 21 heavy (non-hydrogen) atoms. The van der Waals surface area contributed by atoms with Gasteiger partial charge in [0.2, 0.25) is 0 Å². The van der Waals surface area contributed by atoms with E-state index in [1.807, 2.05) is 12.1 Å². The topological polar surface area (TPSA) is 60.3 Å². The van der Waals surface area contributed by atoms with Gasteiger partial charge in [-0.3, -0.25) is 0 Å². The number of nitrogens with zero attached hydrogens (tertiary/aromatic N) is 1. The summed E-state index contributed by atoms with van der Waals surface area (Å²) in [6, 6.07) is 12.6. The van der Waals surface area contributed by atoms with Gasteiger partial charge in [-0.15, -0.1) is 0 Å². The molecule has 0 amide bonds. The second-order valence-electron chi connectivity index (χ2n) is 4.24. The molecule has 0 fully saturated rings. The first kappa shape index (κ1) is 14.7. The monoisotopic (exact) mass is 287 g/mol. The minimum absolute atomic E-state index is 0.414. The molecule has 0 heterocycles. The van der Waals surface area contributed by atoms with E-state index in [1.165, 1.54) is 0 Å². The molecular weight excluding hydrogens is 270 g/mol. The second-order valence-corrected chi connectivity index (χ2v) is 4.24. The summed E-state index contributed by atoms with van der Waals surface area (Å²) in [4.78, 5) is 0. The predicted molar refractivity (Wildman–Crippen MR) is 80.0 cm³/mol. The Bertz CT molecular complexity index is 635. The fourth-order valence-electron chi connectivity index (χ4n) is 2.01. The molecule has 0 aromatic heterocycles. The van der Waals surface area contributed by atoms with Crippen LogP contribution in [0.2, 0.25) is 0 Å². The molecule has 0 atom stereocenters. The Labute approximate surface area is 123 Å². The molecule has 0 spiro atoms. The maximum absolute atomic E-state index is 9.38. The van der Waals surface area contributed by atoms with Crippen LogP contribution in [0, 0.1) is 0 Å². The van der Waals surface area contributed by atoms with Crippen LogP contribution in [0.1, 0.15) is 11.1 Å². The molecule has 110 valence electrons. The van der Waals surface area contributed by atoms with E-state index < -0.39 is 0 Å². The smallest absolute Gasteiger partial charge is 0.132 e. The summed E-state index contributed by atoms with van der Waals surface area (Å²) in [5.41, 5.74) is 1.84. The number of rotatable bonds is 5. The number of oxime groups is 1. The van der Waals surface area contributed by atoms with Crippen molar-refractivity contribution in [2.24, 2.45) is 5.16 Å². The van der Waals surface area contributed by atoms with Gasteiger partial charge in [-0.05, 0) is 36.4 Å². The van der Waals surface area contributed by atoms with E-state index in [2.05, 4.69) is 5.16 Å². The summed E-state index contributed by atoms with van der Waals surface area (Å²) in [5, 5.41) is 12.8. The van der Waals surface area contributed by atoms with Gasteiger partial charge in [-0.2, -0.15) is 0 Å². The molecule has 0 aliphatic carbocycles. The highest BCUT2D eigenvalue weighted by Crippen LogP contribution is 2.27. The van der Waals surface area contributed by atoms with Gasteiger partial charge < -0.3 is 19.4 Å². The van der Waals surface area contributed by atoms with Crippen molar-refractivity contribution in [1.82, 2.24) is 0 Å². The Kier molecular flexibility index (Phi) is 4.66. The largest absolute Gasteiger partial charge is 0.497 e. The van der Waals surface area contributed by atoms with E-state index in [1.54, 1.807) is 51.7 Å². The van der Waals surface area contributed by atoms with Crippen molar-refractivity contribution in [1.29, 1.82) is 0 Å². The van der Waals surface area contributed by atoms with Crippen molar-refractivity contribution in [3.8, 4) is 17.2 Å². The van der Waals surface area contributed by atoms with Gasteiger partial charge in [0.05, 0.1) is 21.3 Å². The molecule has 2 rings (SSSR count). The van der Waals surface area contributed by atoms with Gasteiger partial charge in [0, 0.05) is 17.2 Å². The third-order valence-corrected chi connectivity index (χ3v) is 3.13. The van der Waals surface area contributed by atoms with E-state index in [9.17, 15) is 5.21 Å². The Morgan fingerprint density at radius 2 is 1.48 bits per heavy atom. The highest BCUT2D eigenvalue weighted by Gasteiger charge is 2.14. The Balaban J connectivity index is 2.45. The highest BCUT2D eigenvalue weighted by molar-refractivity contribution is 6.14. The van der Waals surface area contributed by atoms with Crippen molar-refractivity contribution in [3.05, 3.63) is 53.6 Å². The maximum Gasteiger partial charge on any atom is 0.132 e.